The van der Waals surface area contributed by atoms with E-state index in [2.05, 4.69) is 17.5 Å². The number of allylic oxidation sites excluding steroid dienone is 1. The van der Waals surface area contributed by atoms with Gasteiger partial charge in [0.25, 0.3) is 11.8 Å². The molecule has 230 valence electrons. The number of benzene rings is 2. The normalized spacial score (nSPS) is 26.3. The molecule has 1 spiro atoms. The first kappa shape index (κ1) is 29.7. The summed E-state index contributed by atoms with van der Waals surface area (Å²) in [6, 6.07) is 11.5. The molecule has 6 rings (SSSR count). The average Bonchev–Trinajstić information content (AvgIpc) is 3.77. The zero-order valence-electron chi connectivity index (χ0n) is 24.5. The van der Waals surface area contributed by atoms with Gasteiger partial charge in [0.1, 0.15) is 5.60 Å². The van der Waals surface area contributed by atoms with Crippen molar-refractivity contribution in [3.05, 3.63) is 76.9 Å². The molecule has 2 unspecified atom stereocenters. The maximum Gasteiger partial charge on any atom is 0.416 e. The van der Waals surface area contributed by atoms with E-state index in [9.17, 15) is 27.9 Å². The number of alkyl halides is 3. The summed E-state index contributed by atoms with van der Waals surface area (Å²) in [5, 5.41) is 13.7. The van der Waals surface area contributed by atoms with Crippen LogP contribution in [0.15, 0.2) is 54.6 Å². The molecule has 0 bridgehead atoms. The Morgan fingerprint density at radius 2 is 1.56 bits per heavy atom. The molecule has 2 aliphatic carbocycles. The first-order chi connectivity index (χ1) is 20.6. The van der Waals surface area contributed by atoms with Gasteiger partial charge in [0, 0.05) is 48.9 Å². The van der Waals surface area contributed by atoms with Crippen LogP contribution in [-0.2, 0) is 11.0 Å². The number of carbonyl (C=O) groups excluding carboxylic acids is 2. The Hall–Kier alpha value is -3.33. The van der Waals surface area contributed by atoms with Gasteiger partial charge in [-0.3, -0.25) is 9.59 Å². The fourth-order valence-electron chi connectivity index (χ4n) is 6.97. The maximum atomic E-state index is 13.7. The van der Waals surface area contributed by atoms with Crippen molar-refractivity contribution in [1.29, 1.82) is 0 Å². The molecule has 2 aliphatic heterocycles. The third-order valence-electron chi connectivity index (χ3n) is 9.74. The van der Waals surface area contributed by atoms with Crippen molar-refractivity contribution < 1.29 is 27.9 Å². The molecule has 4 aliphatic rings. The summed E-state index contributed by atoms with van der Waals surface area (Å²) in [4.78, 5) is 29.2. The van der Waals surface area contributed by atoms with E-state index >= 15 is 0 Å². The fraction of sp³-hybridized carbons (Fsp3) is 0.529. The Morgan fingerprint density at radius 3 is 2.26 bits per heavy atom. The number of aliphatic hydroxyl groups is 1. The highest BCUT2D eigenvalue weighted by Gasteiger charge is 2.50. The van der Waals surface area contributed by atoms with Crippen LogP contribution in [0.25, 0.3) is 0 Å². The molecule has 9 heteroatoms. The lowest BCUT2D eigenvalue weighted by molar-refractivity contribution is -0.144. The zero-order valence-corrected chi connectivity index (χ0v) is 24.5. The predicted molar refractivity (Wildman–Crippen MR) is 159 cm³/mol. The van der Waals surface area contributed by atoms with Crippen molar-refractivity contribution in [1.82, 2.24) is 9.80 Å². The topological polar surface area (TPSA) is 72.9 Å². The Morgan fingerprint density at radius 1 is 0.860 bits per heavy atom. The second-order valence-corrected chi connectivity index (χ2v) is 12.8. The number of halogens is 3. The van der Waals surface area contributed by atoms with Crippen LogP contribution in [0.2, 0.25) is 0 Å². The van der Waals surface area contributed by atoms with Gasteiger partial charge in [0.15, 0.2) is 0 Å². The largest absolute Gasteiger partial charge is 0.416 e. The van der Waals surface area contributed by atoms with E-state index in [1.54, 1.807) is 15.9 Å². The summed E-state index contributed by atoms with van der Waals surface area (Å²) in [6.07, 6.45) is 8.83. The van der Waals surface area contributed by atoms with Crippen molar-refractivity contribution in [2.75, 3.05) is 31.5 Å². The first-order valence-electron chi connectivity index (χ1n) is 15.6. The van der Waals surface area contributed by atoms with Crippen LogP contribution >= 0.6 is 0 Å². The smallest absolute Gasteiger partial charge is 0.380 e. The number of carbonyl (C=O) groups is 2. The van der Waals surface area contributed by atoms with Crippen LogP contribution < -0.4 is 5.32 Å². The summed E-state index contributed by atoms with van der Waals surface area (Å²) in [6.45, 7) is 1.60. The minimum atomic E-state index is -4.43. The highest BCUT2D eigenvalue weighted by atomic mass is 19.4. The summed E-state index contributed by atoms with van der Waals surface area (Å²) in [5.74, 6) is -0.461. The Kier molecular flexibility index (Phi) is 8.05. The molecule has 2 heterocycles. The molecule has 6 nitrogen and oxygen atoms in total. The second-order valence-electron chi connectivity index (χ2n) is 12.8. The number of anilines is 1. The lowest BCUT2D eigenvalue weighted by Crippen LogP contribution is -2.53. The van der Waals surface area contributed by atoms with E-state index in [-0.39, 0.29) is 23.3 Å². The van der Waals surface area contributed by atoms with E-state index in [0.29, 0.717) is 50.3 Å². The molecule has 2 N–H and O–H groups in total. The van der Waals surface area contributed by atoms with E-state index in [1.807, 2.05) is 24.3 Å². The minimum Gasteiger partial charge on any atom is -0.380 e. The summed E-state index contributed by atoms with van der Waals surface area (Å²) >= 11 is 0. The van der Waals surface area contributed by atoms with Gasteiger partial charge in [0.2, 0.25) is 0 Å². The van der Waals surface area contributed by atoms with Gasteiger partial charge in [0.05, 0.1) is 5.56 Å². The SMILES string of the molecule is O=C(c1ccc(C2CC3(C/C=C\CCCCCC3)Nc3cc(C(F)(F)F)ccc32)cc1)N1CCN(C(=O)C2(O)CC2)CC1. The zero-order chi connectivity index (χ0) is 30.2. The first-order valence-corrected chi connectivity index (χ1v) is 15.6. The van der Waals surface area contributed by atoms with E-state index in [0.717, 1.165) is 56.1 Å². The summed E-state index contributed by atoms with van der Waals surface area (Å²) in [7, 11) is 0. The van der Waals surface area contributed by atoms with E-state index in [1.165, 1.54) is 18.6 Å². The molecular weight excluding hydrogens is 555 g/mol. The highest BCUT2D eigenvalue weighted by Crippen LogP contribution is 2.48. The number of fused-ring (bicyclic) bond motifs is 1. The molecular formula is C34H40F3N3O3. The van der Waals surface area contributed by atoms with E-state index < -0.39 is 17.3 Å². The number of piperazine rings is 1. The molecule has 0 radical (unpaired) electrons. The Bertz CT molecular complexity index is 1380. The number of hydrogen-bond acceptors (Lipinski definition) is 4. The quantitative estimate of drug-likeness (QED) is 0.398. The van der Waals surface area contributed by atoms with Crippen molar-refractivity contribution in [2.24, 2.45) is 0 Å². The molecule has 2 atom stereocenters. The van der Waals surface area contributed by atoms with Gasteiger partial charge in [-0.1, -0.05) is 49.6 Å². The number of hydrogen-bond donors (Lipinski definition) is 2. The van der Waals surface area contributed by atoms with Crippen LogP contribution in [0.1, 0.15) is 97.2 Å². The van der Waals surface area contributed by atoms with Crippen molar-refractivity contribution >= 4 is 17.5 Å². The van der Waals surface area contributed by atoms with Gasteiger partial charge in [-0.15, -0.1) is 0 Å². The monoisotopic (exact) mass is 595 g/mol. The Balaban J connectivity index is 1.23. The van der Waals surface area contributed by atoms with Gasteiger partial charge in [-0.2, -0.15) is 13.2 Å². The molecule has 2 fully saturated rings. The number of nitrogens with one attached hydrogen (secondary N) is 1. The molecule has 2 aromatic rings. The molecule has 2 amide bonds. The second kappa shape index (κ2) is 11.6. The van der Waals surface area contributed by atoms with Gasteiger partial charge in [-0.05, 0) is 80.3 Å². The highest BCUT2D eigenvalue weighted by molar-refractivity contribution is 5.94. The van der Waals surface area contributed by atoms with E-state index in [4.69, 9.17) is 0 Å². The molecule has 1 saturated carbocycles. The summed E-state index contributed by atoms with van der Waals surface area (Å²) < 4.78 is 41.1. The van der Waals surface area contributed by atoms with Crippen LogP contribution in [0.4, 0.5) is 18.9 Å². The van der Waals surface area contributed by atoms with Crippen LogP contribution in [0.3, 0.4) is 0 Å². The lowest BCUT2D eigenvalue weighted by Gasteiger charge is -2.44. The molecule has 1 saturated heterocycles. The van der Waals surface area contributed by atoms with Crippen molar-refractivity contribution in [3.63, 3.8) is 0 Å². The van der Waals surface area contributed by atoms with Gasteiger partial charge in [-0.25, -0.2) is 0 Å². The van der Waals surface area contributed by atoms with Crippen LogP contribution in [0, 0.1) is 0 Å². The van der Waals surface area contributed by atoms with Gasteiger partial charge >= 0.3 is 6.18 Å². The fourth-order valence-corrected chi connectivity index (χ4v) is 6.97. The number of amides is 2. The number of nitrogens with zero attached hydrogens (tertiary/aromatic N) is 2. The average molecular weight is 596 g/mol. The lowest BCUT2D eigenvalue weighted by atomic mass is 9.71. The molecule has 2 aromatic carbocycles. The third kappa shape index (κ3) is 6.33. The van der Waals surface area contributed by atoms with Crippen LogP contribution in [-0.4, -0.2) is 64.0 Å². The predicted octanol–water partition coefficient (Wildman–Crippen LogP) is 6.50. The number of rotatable bonds is 3. The van der Waals surface area contributed by atoms with Crippen molar-refractivity contribution in [2.45, 2.75) is 87.4 Å². The van der Waals surface area contributed by atoms with Crippen LogP contribution in [0.5, 0.6) is 0 Å². The standard InChI is InChI=1S/C34H40F3N3O3/c35-34(36,37)26-12-13-27-28(23-32(38-29(27)22-26)14-6-4-2-1-3-5-7-15-32)24-8-10-25(11-9-24)30(41)39-18-20-40(21-19-39)31(42)33(43)16-17-33/h4,6,8-13,22,28,38,43H,1-3,5,7,14-21,23H2/b6-4-. The molecule has 43 heavy (non-hydrogen) atoms. The van der Waals surface area contributed by atoms with Crippen molar-refractivity contribution in [3.8, 4) is 0 Å². The third-order valence-corrected chi connectivity index (χ3v) is 9.74. The Labute approximate surface area is 250 Å². The van der Waals surface area contributed by atoms with Gasteiger partial charge < -0.3 is 20.2 Å². The summed E-state index contributed by atoms with van der Waals surface area (Å²) in [5.41, 5.74) is 0.702. The maximum absolute atomic E-state index is 13.7. The minimum absolute atomic E-state index is 0.109. The molecule has 0 aromatic heterocycles.